The van der Waals surface area contributed by atoms with Gasteiger partial charge in [-0.3, -0.25) is 9.59 Å². The molecule has 1 aromatic heterocycles. The van der Waals surface area contributed by atoms with Gasteiger partial charge in [-0.15, -0.1) is 0 Å². The SMILES string of the molecule is COc1ccc(-c2cc(=O)oc3c(C)c(OCC(=O)NC(C)C(=O)O)ccc23)cc1. The van der Waals surface area contributed by atoms with Gasteiger partial charge in [0.15, 0.2) is 6.61 Å². The van der Waals surface area contributed by atoms with Crippen molar-refractivity contribution < 1.29 is 28.6 Å². The molecule has 0 fully saturated rings. The van der Waals surface area contributed by atoms with Crippen LogP contribution in [0.25, 0.3) is 22.1 Å². The fourth-order valence-electron chi connectivity index (χ4n) is 3.00. The number of amides is 1. The summed E-state index contributed by atoms with van der Waals surface area (Å²) in [4.78, 5) is 34.9. The zero-order chi connectivity index (χ0) is 21.8. The Morgan fingerprint density at radius 2 is 1.87 bits per heavy atom. The number of fused-ring (bicyclic) bond motifs is 1. The highest BCUT2D eigenvalue weighted by Gasteiger charge is 2.16. The lowest BCUT2D eigenvalue weighted by Gasteiger charge is -2.13. The van der Waals surface area contributed by atoms with Crippen molar-refractivity contribution in [1.29, 1.82) is 0 Å². The Morgan fingerprint density at radius 3 is 2.50 bits per heavy atom. The van der Waals surface area contributed by atoms with E-state index in [1.165, 1.54) is 13.0 Å². The van der Waals surface area contributed by atoms with E-state index in [-0.39, 0.29) is 6.61 Å². The van der Waals surface area contributed by atoms with Gasteiger partial charge in [0, 0.05) is 17.0 Å². The number of ether oxygens (including phenoxy) is 2. The van der Waals surface area contributed by atoms with Crippen LogP contribution in [0, 0.1) is 6.92 Å². The molecule has 0 aliphatic heterocycles. The first-order valence-corrected chi connectivity index (χ1v) is 9.17. The lowest BCUT2D eigenvalue weighted by molar-refractivity contribution is -0.141. The van der Waals surface area contributed by atoms with Crippen molar-refractivity contribution in [2.45, 2.75) is 19.9 Å². The lowest BCUT2D eigenvalue weighted by atomic mass is 10.00. The monoisotopic (exact) mass is 411 g/mol. The highest BCUT2D eigenvalue weighted by Crippen LogP contribution is 2.33. The summed E-state index contributed by atoms with van der Waals surface area (Å²) < 4.78 is 16.1. The topological polar surface area (TPSA) is 115 Å². The molecular formula is C22H21NO7. The third kappa shape index (κ3) is 4.43. The first-order valence-electron chi connectivity index (χ1n) is 9.17. The summed E-state index contributed by atoms with van der Waals surface area (Å²) in [7, 11) is 1.58. The molecule has 2 N–H and O–H groups in total. The maximum absolute atomic E-state index is 12.2. The zero-order valence-corrected chi connectivity index (χ0v) is 16.7. The number of hydrogen-bond acceptors (Lipinski definition) is 6. The van der Waals surface area contributed by atoms with Crippen LogP contribution in [0.4, 0.5) is 0 Å². The van der Waals surface area contributed by atoms with E-state index in [2.05, 4.69) is 5.32 Å². The van der Waals surface area contributed by atoms with Crippen molar-refractivity contribution in [3.05, 3.63) is 58.4 Å². The Balaban J connectivity index is 1.91. The van der Waals surface area contributed by atoms with E-state index in [1.54, 1.807) is 38.3 Å². The molecule has 0 spiro atoms. The molecule has 0 saturated carbocycles. The molecule has 0 aliphatic rings. The normalized spacial score (nSPS) is 11.7. The van der Waals surface area contributed by atoms with Crippen molar-refractivity contribution in [3.63, 3.8) is 0 Å². The third-order valence-corrected chi connectivity index (χ3v) is 4.62. The van der Waals surface area contributed by atoms with Gasteiger partial charge in [0.25, 0.3) is 5.91 Å². The van der Waals surface area contributed by atoms with Gasteiger partial charge in [0.05, 0.1) is 7.11 Å². The molecule has 1 unspecified atom stereocenters. The smallest absolute Gasteiger partial charge is 0.336 e. The average Bonchev–Trinajstić information content (AvgIpc) is 2.73. The minimum absolute atomic E-state index is 0.352. The third-order valence-electron chi connectivity index (χ3n) is 4.62. The van der Waals surface area contributed by atoms with Gasteiger partial charge in [-0.2, -0.15) is 0 Å². The second-order valence-electron chi connectivity index (χ2n) is 6.69. The van der Waals surface area contributed by atoms with Crippen molar-refractivity contribution in [3.8, 4) is 22.6 Å². The maximum atomic E-state index is 12.2. The van der Waals surface area contributed by atoms with E-state index in [9.17, 15) is 14.4 Å². The van der Waals surface area contributed by atoms with Gasteiger partial charge < -0.3 is 24.3 Å². The van der Waals surface area contributed by atoms with Crippen LogP contribution in [0.1, 0.15) is 12.5 Å². The Hall–Kier alpha value is -3.81. The van der Waals surface area contributed by atoms with E-state index < -0.39 is 23.5 Å². The molecule has 0 saturated heterocycles. The molecule has 1 amide bonds. The number of carbonyl (C=O) groups is 2. The minimum Gasteiger partial charge on any atom is -0.497 e. The Kier molecular flexibility index (Phi) is 6.06. The lowest BCUT2D eigenvalue weighted by Crippen LogP contribution is -2.40. The van der Waals surface area contributed by atoms with Crippen molar-refractivity contribution >= 4 is 22.8 Å². The van der Waals surface area contributed by atoms with E-state index in [0.717, 1.165) is 5.56 Å². The van der Waals surface area contributed by atoms with Crippen LogP contribution in [0.15, 0.2) is 51.7 Å². The summed E-state index contributed by atoms with van der Waals surface area (Å²) in [5.41, 5.74) is 1.92. The van der Waals surface area contributed by atoms with Crippen LogP contribution in [0.5, 0.6) is 11.5 Å². The maximum Gasteiger partial charge on any atom is 0.336 e. The highest BCUT2D eigenvalue weighted by atomic mass is 16.5. The number of carbonyl (C=O) groups excluding carboxylic acids is 1. The molecule has 156 valence electrons. The van der Waals surface area contributed by atoms with Gasteiger partial charge in [-0.05, 0) is 49.2 Å². The molecule has 30 heavy (non-hydrogen) atoms. The van der Waals surface area contributed by atoms with Gasteiger partial charge >= 0.3 is 11.6 Å². The summed E-state index contributed by atoms with van der Waals surface area (Å²) in [5.74, 6) is -0.653. The molecule has 0 aliphatic carbocycles. The molecule has 0 radical (unpaired) electrons. The highest BCUT2D eigenvalue weighted by molar-refractivity contribution is 5.95. The number of carboxylic acids is 1. The van der Waals surface area contributed by atoms with E-state index in [0.29, 0.717) is 33.6 Å². The number of aliphatic carboxylic acids is 1. The van der Waals surface area contributed by atoms with Crippen LogP contribution in [-0.4, -0.2) is 36.7 Å². The first-order chi connectivity index (χ1) is 14.3. The predicted molar refractivity (Wildman–Crippen MR) is 110 cm³/mol. The van der Waals surface area contributed by atoms with Crippen molar-refractivity contribution in [2.24, 2.45) is 0 Å². The molecule has 3 rings (SSSR count). The summed E-state index contributed by atoms with van der Waals surface area (Å²) in [5, 5.41) is 11.9. The van der Waals surface area contributed by atoms with Crippen LogP contribution in [-0.2, 0) is 9.59 Å². The molecule has 3 aromatic rings. The second kappa shape index (κ2) is 8.69. The second-order valence-corrected chi connectivity index (χ2v) is 6.69. The molecular weight excluding hydrogens is 390 g/mol. The Labute approximate surface area is 172 Å². The average molecular weight is 411 g/mol. The number of hydrogen-bond donors (Lipinski definition) is 2. The van der Waals surface area contributed by atoms with Crippen molar-refractivity contribution in [2.75, 3.05) is 13.7 Å². The summed E-state index contributed by atoms with van der Waals surface area (Å²) in [6.45, 7) is 2.71. The predicted octanol–water partition coefficient (Wildman–Crippen LogP) is 2.75. The standard InChI is InChI=1S/C22H21NO7/c1-12-18(29-11-19(24)23-13(2)22(26)27)9-8-16-17(10-20(25)30-21(12)16)14-4-6-15(28-3)7-5-14/h4-10,13H,11H2,1-3H3,(H,23,24)(H,26,27). The number of nitrogens with one attached hydrogen (secondary N) is 1. The summed E-state index contributed by atoms with van der Waals surface area (Å²) in [6, 6.07) is 11.1. The van der Waals surface area contributed by atoms with E-state index in [1.807, 2.05) is 12.1 Å². The minimum atomic E-state index is -1.14. The van der Waals surface area contributed by atoms with E-state index >= 15 is 0 Å². The van der Waals surface area contributed by atoms with Gasteiger partial charge in [-0.1, -0.05) is 12.1 Å². The zero-order valence-electron chi connectivity index (χ0n) is 16.7. The fraction of sp³-hybridized carbons (Fsp3) is 0.227. The largest absolute Gasteiger partial charge is 0.497 e. The van der Waals surface area contributed by atoms with Crippen LogP contribution >= 0.6 is 0 Å². The van der Waals surface area contributed by atoms with Crippen LogP contribution in [0.2, 0.25) is 0 Å². The van der Waals surface area contributed by atoms with Gasteiger partial charge in [0.2, 0.25) is 0 Å². The number of aryl methyl sites for hydroxylation is 1. The Bertz CT molecular complexity index is 1150. The van der Waals surface area contributed by atoms with Crippen LogP contribution in [0.3, 0.4) is 0 Å². The number of methoxy groups -OCH3 is 1. The summed E-state index contributed by atoms with van der Waals surface area (Å²) in [6.07, 6.45) is 0. The molecule has 8 nitrogen and oxygen atoms in total. The van der Waals surface area contributed by atoms with Crippen molar-refractivity contribution in [1.82, 2.24) is 5.32 Å². The molecule has 8 heteroatoms. The van der Waals surface area contributed by atoms with Gasteiger partial charge in [0.1, 0.15) is 23.1 Å². The fourth-order valence-corrected chi connectivity index (χ4v) is 3.00. The summed E-state index contributed by atoms with van der Waals surface area (Å²) >= 11 is 0. The quantitative estimate of drug-likeness (QED) is 0.575. The van der Waals surface area contributed by atoms with Gasteiger partial charge in [-0.25, -0.2) is 4.79 Å². The van der Waals surface area contributed by atoms with E-state index in [4.69, 9.17) is 19.0 Å². The molecule has 2 aromatic carbocycles. The molecule has 1 heterocycles. The van der Waals surface area contributed by atoms with Crippen LogP contribution < -0.4 is 20.4 Å². The number of carboxylic acid groups (broad SMARTS) is 1. The number of rotatable bonds is 7. The molecule has 0 bridgehead atoms. The molecule has 1 atom stereocenters. The first kappa shape index (κ1) is 20.9. The number of benzene rings is 2. The Morgan fingerprint density at radius 1 is 1.17 bits per heavy atom.